The van der Waals surface area contributed by atoms with Crippen LogP contribution in [0.4, 0.5) is 17.1 Å². The second-order valence-corrected chi connectivity index (χ2v) is 15.5. The van der Waals surface area contributed by atoms with E-state index < -0.39 is 0 Å². The number of fused-ring (bicyclic) bond motifs is 9. The molecule has 0 amide bonds. The lowest BCUT2D eigenvalue weighted by molar-refractivity contribution is 1.29. The van der Waals surface area contributed by atoms with Crippen LogP contribution < -0.4 is 4.90 Å². The summed E-state index contributed by atoms with van der Waals surface area (Å²) in [6, 6.07) is 77.7. The Balaban J connectivity index is 1.14. The van der Waals surface area contributed by atoms with Gasteiger partial charge in [-0.05, 0) is 103 Å². The average Bonchev–Trinajstić information content (AvgIpc) is 3.67. The molecule has 262 valence electrons. The molecule has 0 aliphatic rings. The Bertz CT molecular complexity index is 3200. The van der Waals surface area contributed by atoms with Crippen molar-refractivity contribution >= 4 is 80.9 Å². The van der Waals surface area contributed by atoms with Crippen LogP contribution in [0.1, 0.15) is 0 Å². The molecule has 1 heterocycles. The van der Waals surface area contributed by atoms with Crippen LogP contribution in [0.3, 0.4) is 0 Å². The van der Waals surface area contributed by atoms with Gasteiger partial charge in [-0.1, -0.05) is 170 Å². The lowest BCUT2D eigenvalue weighted by Crippen LogP contribution is -2.11. The monoisotopic (exact) mass is 729 g/mol. The Morgan fingerprint density at radius 3 is 1.50 bits per heavy atom. The van der Waals surface area contributed by atoms with Crippen molar-refractivity contribution in [1.82, 2.24) is 0 Å². The minimum Gasteiger partial charge on any atom is -0.310 e. The second-order valence-electron chi connectivity index (χ2n) is 14.4. The minimum absolute atomic E-state index is 1.10. The van der Waals surface area contributed by atoms with Crippen LogP contribution in [-0.2, 0) is 0 Å². The molecule has 0 saturated carbocycles. The van der Waals surface area contributed by atoms with E-state index in [1.54, 1.807) is 0 Å². The molecule has 0 spiro atoms. The predicted octanol–water partition coefficient (Wildman–Crippen LogP) is 16.0. The fourth-order valence-electron chi connectivity index (χ4n) is 8.62. The quantitative estimate of drug-likeness (QED) is 0.154. The molecule has 0 aliphatic carbocycles. The van der Waals surface area contributed by atoms with Gasteiger partial charge in [-0.15, -0.1) is 11.3 Å². The third-order valence-corrected chi connectivity index (χ3v) is 12.5. The van der Waals surface area contributed by atoms with E-state index in [0.717, 1.165) is 17.1 Å². The molecule has 0 radical (unpaired) electrons. The van der Waals surface area contributed by atoms with Gasteiger partial charge in [0, 0.05) is 37.1 Å². The minimum atomic E-state index is 1.10. The van der Waals surface area contributed by atoms with Crippen molar-refractivity contribution in [3.8, 4) is 33.4 Å². The summed E-state index contributed by atoms with van der Waals surface area (Å²) in [6.07, 6.45) is 0. The van der Waals surface area contributed by atoms with Gasteiger partial charge < -0.3 is 4.90 Å². The van der Waals surface area contributed by atoms with Crippen LogP contribution in [0.25, 0.3) is 85.9 Å². The van der Waals surface area contributed by atoms with Gasteiger partial charge in [-0.25, -0.2) is 0 Å². The molecule has 0 aliphatic heterocycles. The molecule has 0 atom stereocenters. The molecule has 11 rings (SSSR count). The van der Waals surface area contributed by atoms with Gasteiger partial charge in [-0.2, -0.15) is 0 Å². The molecule has 0 saturated heterocycles. The Labute approximate surface area is 330 Å². The van der Waals surface area contributed by atoms with Crippen LogP contribution in [-0.4, -0.2) is 0 Å². The van der Waals surface area contributed by atoms with E-state index in [1.165, 1.54) is 85.9 Å². The van der Waals surface area contributed by atoms with E-state index in [4.69, 9.17) is 0 Å². The second kappa shape index (κ2) is 13.4. The van der Waals surface area contributed by atoms with Crippen LogP contribution in [0.2, 0.25) is 0 Å². The molecule has 0 bridgehead atoms. The van der Waals surface area contributed by atoms with Gasteiger partial charge in [-0.3, -0.25) is 0 Å². The van der Waals surface area contributed by atoms with Crippen molar-refractivity contribution in [1.29, 1.82) is 0 Å². The van der Waals surface area contributed by atoms with Gasteiger partial charge in [0.25, 0.3) is 0 Å². The van der Waals surface area contributed by atoms with Gasteiger partial charge in [0.05, 0.1) is 5.69 Å². The molecule has 2 heteroatoms. The van der Waals surface area contributed by atoms with E-state index in [1.807, 2.05) is 11.3 Å². The summed E-state index contributed by atoms with van der Waals surface area (Å²) >= 11 is 1.88. The van der Waals surface area contributed by atoms with Crippen LogP contribution in [0.15, 0.2) is 212 Å². The van der Waals surface area contributed by atoms with Crippen LogP contribution in [0, 0.1) is 0 Å². The maximum Gasteiger partial charge on any atom is 0.0540 e. The zero-order valence-electron chi connectivity index (χ0n) is 30.6. The smallest absolute Gasteiger partial charge is 0.0540 e. The Hall–Kier alpha value is -7.00. The summed E-state index contributed by atoms with van der Waals surface area (Å²) < 4.78 is 2.65. The lowest BCUT2D eigenvalue weighted by atomic mass is 9.93. The molecular formula is C54H35NS. The third kappa shape index (κ3) is 5.38. The van der Waals surface area contributed by atoms with E-state index >= 15 is 0 Å². The maximum absolute atomic E-state index is 2.45. The molecule has 1 nitrogen and oxygen atoms in total. The SMILES string of the molecule is c1ccc(-c2ccc(N(c3ccc(-c4cccc5c4sc4ccccc45)cc3)c3ccc4c5ccccc5c5ccccc5c4c3)c(-c3ccccc3)c2)cc1. The molecule has 11 aromatic rings. The van der Waals surface area contributed by atoms with Crippen molar-refractivity contribution < 1.29 is 0 Å². The number of hydrogen-bond donors (Lipinski definition) is 0. The first-order valence-electron chi connectivity index (χ1n) is 19.2. The van der Waals surface area contributed by atoms with Crippen molar-refractivity contribution in [3.63, 3.8) is 0 Å². The van der Waals surface area contributed by atoms with E-state index in [2.05, 4.69) is 217 Å². The number of nitrogens with zero attached hydrogens (tertiary/aromatic N) is 1. The number of hydrogen-bond acceptors (Lipinski definition) is 2. The number of rotatable bonds is 6. The Morgan fingerprint density at radius 2 is 0.804 bits per heavy atom. The number of anilines is 3. The normalized spacial score (nSPS) is 11.6. The maximum atomic E-state index is 2.45. The summed E-state index contributed by atoms with van der Waals surface area (Å²) in [4.78, 5) is 2.45. The fourth-order valence-corrected chi connectivity index (χ4v) is 9.85. The molecule has 0 fully saturated rings. The zero-order chi connectivity index (χ0) is 37.0. The highest BCUT2D eigenvalue weighted by molar-refractivity contribution is 7.26. The summed E-state index contributed by atoms with van der Waals surface area (Å²) in [5.41, 5.74) is 10.6. The first-order valence-corrected chi connectivity index (χ1v) is 20.0. The first-order chi connectivity index (χ1) is 27.8. The molecular weight excluding hydrogens is 695 g/mol. The highest BCUT2D eigenvalue weighted by atomic mass is 32.1. The third-order valence-electron chi connectivity index (χ3n) is 11.3. The first kappa shape index (κ1) is 32.4. The van der Waals surface area contributed by atoms with Gasteiger partial charge >= 0.3 is 0 Å². The number of benzene rings is 10. The van der Waals surface area contributed by atoms with Crippen LogP contribution in [0.5, 0.6) is 0 Å². The van der Waals surface area contributed by atoms with Gasteiger partial charge in [0.2, 0.25) is 0 Å². The summed E-state index contributed by atoms with van der Waals surface area (Å²) in [5.74, 6) is 0. The van der Waals surface area contributed by atoms with E-state index in [0.29, 0.717) is 0 Å². The molecule has 0 N–H and O–H groups in total. The predicted molar refractivity (Wildman–Crippen MR) is 243 cm³/mol. The zero-order valence-corrected chi connectivity index (χ0v) is 31.4. The van der Waals surface area contributed by atoms with E-state index in [9.17, 15) is 0 Å². The summed E-state index contributed by atoms with van der Waals surface area (Å²) in [6.45, 7) is 0. The Kier molecular flexibility index (Phi) is 7.75. The van der Waals surface area contributed by atoms with Crippen molar-refractivity contribution in [2.75, 3.05) is 4.90 Å². The van der Waals surface area contributed by atoms with Crippen molar-refractivity contribution in [2.24, 2.45) is 0 Å². The van der Waals surface area contributed by atoms with Crippen molar-refractivity contribution in [2.45, 2.75) is 0 Å². The van der Waals surface area contributed by atoms with Gasteiger partial charge in [0.15, 0.2) is 0 Å². The molecule has 1 aromatic heterocycles. The average molecular weight is 730 g/mol. The van der Waals surface area contributed by atoms with E-state index in [-0.39, 0.29) is 0 Å². The van der Waals surface area contributed by atoms with Gasteiger partial charge in [0.1, 0.15) is 0 Å². The highest BCUT2D eigenvalue weighted by Crippen LogP contribution is 2.46. The molecule has 0 unspecified atom stereocenters. The molecule has 56 heavy (non-hydrogen) atoms. The molecule has 10 aromatic carbocycles. The largest absolute Gasteiger partial charge is 0.310 e. The fraction of sp³-hybridized carbons (Fsp3) is 0. The topological polar surface area (TPSA) is 3.24 Å². The van der Waals surface area contributed by atoms with Crippen molar-refractivity contribution in [3.05, 3.63) is 212 Å². The summed E-state index contributed by atoms with van der Waals surface area (Å²) in [7, 11) is 0. The number of thiophene rings is 1. The lowest BCUT2D eigenvalue weighted by Gasteiger charge is -2.29. The standard InChI is InChI=1S/C54H35NS/c1-3-14-36(15-4-1)39-28-33-52(50(34-39)37-16-5-2-6-17-37)55(41-31-32-47-45-20-8-7-18-43(45)44-19-9-10-21-46(44)51(47)35-41)40-29-26-38(27-30-40)42-23-13-24-49-48-22-11-12-25-53(48)56-54(42)49/h1-35H. The highest BCUT2D eigenvalue weighted by Gasteiger charge is 2.20. The Morgan fingerprint density at radius 1 is 0.286 bits per heavy atom. The van der Waals surface area contributed by atoms with Crippen LogP contribution >= 0.6 is 11.3 Å². The summed E-state index contributed by atoms with van der Waals surface area (Å²) in [5, 5.41) is 10.2.